The van der Waals surface area contributed by atoms with E-state index in [9.17, 15) is 18.0 Å². The highest BCUT2D eigenvalue weighted by Gasteiger charge is 2.35. The van der Waals surface area contributed by atoms with Gasteiger partial charge in [0.15, 0.2) is 0 Å². The Balaban J connectivity index is 1.61. The number of hydrogen-bond donors (Lipinski definition) is 1. The fraction of sp³-hybridized carbons (Fsp3) is 0.391. The van der Waals surface area contributed by atoms with Crippen LogP contribution < -0.4 is 4.72 Å². The summed E-state index contributed by atoms with van der Waals surface area (Å²) in [7, 11) is -2.65. The molecule has 1 fully saturated rings. The summed E-state index contributed by atoms with van der Waals surface area (Å²) in [5, 5.41) is 0. The maximum absolute atomic E-state index is 12.9. The number of hydrogen-bond acceptors (Lipinski definition) is 6. The van der Waals surface area contributed by atoms with Gasteiger partial charge in [0.25, 0.3) is 0 Å². The first-order valence-corrected chi connectivity index (χ1v) is 12.1. The highest BCUT2D eigenvalue weighted by molar-refractivity contribution is 7.89. The zero-order chi connectivity index (χ0) is 23.0. The van der Waals surface area contributed by atoms with E-state index >= 15 is 0 Å². The number of amides is 1. The summed E-state index contributed by atoms with van der Waals surface area (Å²) >= 11 is 0. The van der Waals surface area contributed by atoms with Crippen LogP contribution in [0.15, 0.2) is 60.7 Å². The maximum atomic E-state index is 12.9. The topological polar surface area (TPSA) is 102 Å². The summed E-state index contributed by atoms with van der Waals surface area (Å²) in [5.41, 5.74) is 1.66. The van der Waals surface area contributed by atoms with Gasteiger partial charge in [-0.15, -0.1) is 0 Å². The van der Waals surface area contributed by atoms with E-state index in [2.05, 4.69) is 4.72 Å². The van der Waals surface area contributed by atoms with Crippen LogP contribution >= 0.6 is 0 Å². The number of ether oxygens (including phenoxy) is 2. The van der Waals surface area contributed by atoms with Crippen molar-refractivity contribution in [1.29, 1.82) is 0 Å². The fourth-order valence-corrected chi connectivity index (χ4v) is 5.30. The second-order valence-corrected chi connectivity index (χ2v) is 9.49. The summed E-state index contributed by atoms with van der Waals surface area (Å²) in [5.74, 6) is -0.974. The Kier molecular flexibility index (Phi) is 8.24. The third kappa shape index (κ3) is 6.80. The van der Waals surface area contributed by atoms with E-state index < -0.39 is 34.2 Å². The molecule has 172 valence electrons. The molecular weight excluding hydrogens is 432 g/mol. The van der Waals surface area contributed by atoms with E-state index in [0.717, 1.165) is 11.1 Å². The third-order valence-corrected chi connectivity index (χ3v) is 6.79. The Morgan fingerprint density at radius 1 is 1.06 bits per heavy atom. The quantitative estimate of drug-likeness (QED) is 0.577. The van der Waals surface area contributed by atoms with Gasteiger partial charge < -0.3 is 14.4 Å². The van der Waals surface area contributed by atoms with Gasteiger partial charge in [-0.3, -0.25) is 4.79 Å². The summed E-state index contributed by atoms with van der Waals surface area (Å²) < 4.78 is 38.3. The van der Waals surface area contributed by atoms with Crippen LogP contribution in [0.2, 0.25) is 0 Å². The number of esters is 1. The van der Waals surface area contributed by atoms with Crippen molar-refractivity contribution in [3.63, 3.8) is 0 Å². The maximum Gasteiger partial charge on any atom is 0.410 e. The molecule has 0 unspecified atom stereocenters. The Labute approximate surface area is 188 Å². The van der Waals surface area contributed by atoms with Crippen LogP contribution in [0.25, 0.3) is 0 Å². The largest absolute Gasteiger partial charge is 0.468 e. The molecule has 0 aliphatic carbocycles. The van der Waals surface area contributed by atoms with Crippen molar-refractivity contribution < 1.29 is 27.5 Å². The molecule has 1 saturated heterocycles. The molecule has 9 heteroatoms. The van der Waals surface area contributed by atoms with Gasteiger partial charge in [0, 0.05) is 6.54 Å². The smallest absolute Gasteiger partial charge is 0.410 e. The second-order valence-electron chi connectivity index (χ2n) is 7.69. The number of likely N-dealkylation sites (tertiary alicyclic amines) is 1. The van der Waals surface area contributed by atoms with Crippen LogP contribution in [0, 0.1) is 0 Å². The zero-order valence-corrected chi connectivity index (χ0v) is 18.8. The standard InChI is InChI=1S/C23H28N2O6S/c1-30-22(26)21(15-18-9-4-2-5-10-18)24-32(28,29)17-20-13-8-14-25(20)23(27)31-16-19-11-6-3-7-12-19/h2-7,9-12,20-21,24H,8,13-17H2,1H3/t20-,21-/m0/s1. The molecule has 0 bridgehead atoms. The highest BCUT2D eigenvalue weighted by Crippen LogP contribution is 2.20. The predicted octanol–water partition coefficient (Wildman–Crippen LogP) is 2.49. The van der Waals surface area contributed by atoms with Crippen molar-refractivity contribution >= 4 is 22.1 Å². The zero-order valence-electron chi connectivity index (χ0n) is 18.0. The van der Waals surface area contributed by atoms with E-state index in [0.29, 0.717) is 19.4 Å². The minimum absolute atomic E-state index is 0.120. The number of nitrogens with zero attached hydrogens (tertiary/aromatic N) is 1. The molecule has 0 saturated carbocycles. The molecule has 2 aromatic rings. The van der Waals surface area contributed by atoms with Gasteiger partial charge in [0.2, 0.25) is 10.0 Å². The lowest BCUT2D eigenvalue weighted by molar-refractivity contribution is -0.142. The first-order valence-electron chi connectivity index (χ1n) is 10.5. The van der Waals surface area contributed by atoms with Crippen molar-refractivity contribution in [2.24, 2.45) is 0 Å². The number of carbonyl (C=O) groups excluding carboxylic acids is 2. The SMILES string of the molecule is COC(=O)[C@H](Cc1ccccc1)NS(=O)(=O)C[C@@H]1CCCN1C(=O)OCc1ccccc1. The molecule has 1 aliphatic heterocycles. The lowest BCUT2D eigenvalue weighted by atomic mass is 10.1. The van der Waals surface area contributed by atoms with Gasteiger partial charge in [-0.2, -0.15) is 0 Å². The average Bonchev–Trinajstić information content (AvgIpc) is 3.25. The Bertz CT molecular complexity index is 998. The predicted molar refractivity (Wildman–Crippen MR) is 119 cm³/mol. The summed E-state index contributed by atoms with van der Waals surface area (Å²) in [6.07, 6.45) is 0.856. The number of rotatable bonds is 9. The fourth-order valence-electron chi connectivity index (χ4n) is 3.73. The van der Waals surface area contributed by atoms with E-state index in [1.165, 1.54) is 12.0 Å². The average molecular weight is 461 g/mol. The van der Waals surface area contributed by atoms with E-state index in [1.54, 1.807) is 0 Å². The number of carbonyl (C=O) groups is 2. The lowest BCUT2D eigenvalue weighted by Gasteiger charge is -2.25. The molecule has 0 radical (unpaired) electrons. The number of benzene rings is 2. The number of methoxy groups -OCH3 is 1. The molecule has 1 aliphatic rings. The highest BCUT2D eigenvalue weighted by atomic mass is 32.2. The van der Waals surface area contributed by atoms with Crippen LogP contribution in [0.5, 0.6) is 0 Å². The molecule has 0 spiro atoms. The van der Waals surface area contributed by atoms with Gasteiger partial charge in [0.05, 0.1) is 18.9 Å². The van der Waals surface area contributed by atoms with E-state index in [4.69, 9.17) is 9.47 Å². The molecule has 1 heterocycles. The molecule has 8 nitrogen and oxygen atoms in total. The third-order valence-electron chi connectivity index (χ3n) is 5.32. The van der Waals surface area contributed by atoms with E-state index in [1.807, 2.05) is 60.7 Å². The molecule has 0 aromatic heterocycles. The Hall–Kier alpha value is -2.91. The monoisotopic (exact) mass is 460 g/mol. The molecule has 3 rings (SSSR count). The minimum Gasteiger partial charge on any atom is -0.468 e. The summed E-state index contributed by atoms with van der Waals surface area (Å²) in [6, 6.07) is 16.8. The number of sulfonamides is 1. The summed E-state index contributed by atoms with van der Waals surface area (Å²) in [6.45, 7) is 0.549. The summed E-state index contributed by atoms with van der Waals surface area (Å²) in [4.78, 5) is 26.2. The first-order chi connectivity index (χ1) is 15.4. The van der Waals surface area contributed by atoms with Crippen LogP contribution in [0.3, 0.4) is 0 Å². The minimum atomic E-state index is -3.87. The molecular formula is C23H28N2O6S. The van der Waals surface area contributed by atoms with Crippen molar-refractivity contribution in [1.82, 2.24) is 9.62 Å². The molecule has 1 N–H and O–H groups in total. The van der Waals surface area contributed by atoms with Crippen molar-refractivity contribution in [3.8, 4) is 0 Å². The second kappa shape index (κ2) is 11.1. The van der Waals surface area contributed by atoms with Gasteiger partial charge in [-0.05, 0) is 30.4 Å². The van der Waals surface area contributed by atoms with Crippen LogP contribution in [0.1, 0.15) is 24.0 Å². The Morgan fingerprint density at radius 2 is 1.69 bits per heavy atom. The lowest BCUT2D eigenvalue weighted by Crippen LogP contribution is -2.48. The molecule has 2 aromatic carbocycles. The van der Waals surface area contributed by atoms with Gasteiger partial charge in [-0.1, -0.05) is 60.7 Å². The van der Waals surface area contributed by atoms with Crippen molar-refractivity contribution in [2.45, 2.75) is 38.0 Å². The molecule has 2 atom stereocenters. The van der Waals surface area contributed by atoms with Gasteiger partial charge >= 0.3 is 12.1 Å². The first kappa shape index (κ1) is 23.7. The van der Waals surface area contributed by atoms with Crippen LogP contribution in [-0.2, 0) is 37.3 Å². The molecule has 32 heavy (non-hydrogen) atoms. The molecule has 1 amide bonds. The van der Waals surface area contributed by atoms with Crippen molar-refractivity contribution in [3.05, 3.63) is 71.8 Å². The van der Waals surface area contributed by atoms with Crippen LogP contribution in [-0.4, -0.2) is 56.9 Å². The van der Waals surface area contributed by atoms with Crippen molar-refractivity contribution in [2.75, 3.05) is 19.4 Å². The van der Waals surface area contributed by atoms with Gasteiger partial charge in [-0.25, -0.2) is 17.9 Å². The number of nitrogens with one attached hydrogen (secondary N) is 1. The van der Waals surface area contributed by atoms with Crippen LogP contribution in [0.4, 0.5) is 4.79 Å². The Morgan fingerprint density at radius 3 is 2.31 bits per heavy atom. The normalized spacial score (nSPS) is 17.0. The van der Waals surface area contributed by atoms with Gasteiger partial charge in [0.1, 0.15) is 12.6 Å². The van der Waals surface area contributed by atoms with E-state index in [-0.39, 0.29) is 18.8 Å².